The smallest absolute Gasteiger partial charge is 0.326 e. The molecule has 1 aromatic carbocycles. The van der Waals surface area contributed by atoms with Crippen LogP contribution in [0, 0.1) is 6.92 Å². The van der Waals surface area contributed by atoms with Crippen LogP contribution in [0.4, 0.5) is 24.0 Å². The molecule has 8 nitrogen and oxygen atoms in total. The highest BCUT2D eigenvalue weighted by Crippen LogP contribution is 2.35. The summed E-state index contributed by atoms with van der Waals surface area (Å²) in [4.78, 5) is 16.0. The molecule has 31 heavy (non-hydrogen) atoms. The molecule has 3 aromatic rings. The summed E-state index contributed by atoms with van der Waals surface area (Å²) in [7, 11) is -3.82. The van der Waals surface area contributed by atoms with Crippen LogP contribution in [0.15, 0.2) is 40.7 Å². The van der Waals surface area contributed by atoms with E-state index < -0.39 is 32.8 Å². The molecular formula is C17H15ClF3N5O3S2. The molecule has 2 aromatic heterocycles. The highest BCUT2D eigenvalue weighted by atomic mass is 35.5. The molecule has 0 saturated carbocycles. The average Bonchev–Trinajstić information content (AvgIpc) is 3.28. The maximum Gasteiger partial charge on any atom is 0.436 e. The quantitative estimate of drug-likeness (QED) is 0.514. The summed E-state index contributed by atoms with van der Waals surface area (Å²) in [5.74, 6) is -0.490. The van der Waals surface area contributed by atoms with Gasteiger partial charge in [-0.05, 0) is 31.2 Å². The van der Waals surface area contributed by atoms with Gasteiger partial charge in [-0.2, -0.15) is 18.3 Å². The minimum atomic E-state index is -4.69. The van der Waals surface area contributed by atoms with Crippen molar-refractivity contribution in [1.82, 2.24) is 14.8 Å². The summed E-state index contributed by atoms with van der Waals surface area (Å²) < 4.78 is 66.5. The van der Waals surface area contributed by atoms with Gasteiger partial charge in [-0.1, -0.05) is 11.6 Å². The number of sulfonamides is 1. The molecule has 0 radical (unpaired) electrons. The number of aryl methyl sites for hydroxylation is 1. The zero-order valence-electron chi connectivity index (χ0n) is 15.8. The predicted molar refractivity (Wildman–Crippen MR) is 110 cm³/mol. The number of hydrogen-bond acceptors (Lipinski definition) is 6. The molecule has 166 valence electrons. The van der Waals surface area contributed by atoms with Crippen LogP contribution in [0.2, 0.25) is 5.02 Å². The van der Waals surface area contributed by atoms with E-state index in [1.54, 1.807) is 5.38 Å². The monoisotopic (exact) mass is 493 g/mol. The topological polar surface area (TPSA) is 106 Å². The number of nitrogens with one attached hydrogen (secondary N) is 2. The third-order valence-corrected chi connectivity index (χ3v) is 6.68. The Balaban J connectivity index is 1.60. The molecule has 0 bridgehead atoms. The Kier molecular flexibility index (Phi) is 6.57. The summed E-state index contributed by atoms with van der Waals surface area (Å²) in [6.07, 6.45) is -3.39. The van der Waals surface area contributed by atoms with Gasteiger partial charge in [0.25, 0.3) is 10.0 Å². The number of carbonyl (C=O) groups excluding carboxylic acids is 1. The van der Waals surface area contributed by atoms with Gasteiger partial charge in [0, 0.05) is 23.7 Å². The molecule has 0 aliphatic rings. The predicted octanol–water partition coefficient (Wildman–Crippen LogP) is 4.15. The number of aromatic nitrogens is 3. The highest BCUT2D eigenvalue weighted by Gasteiger charge is 2.38. The maximum absolute atomic E-state index is 12.9. The van der Waals surface area contributed by atoms with E-state index in [-0.39, 0.29) is 28.7 Å². The lowest BCUT2D eigenvalue weighted by Crippen LogP contribution is -2.16. The lowest BCUT2D eigenvalue weighted by molar-refractivity contribution is -0.141. The van der Waals surface area contributed by atoms with Gasteiger partial charge in [-0.25, -0.2) is 13.4 Å². The van der Waals surface area contributed by atoms with Gasteiger partial charge >= 0.3 is 6.18 Å². The Morgan fingerprint density at radius 1 is 1.26 bits per heavy atom. The fourth-order valence-electron chi connectivity index (χ4n) is 2.52. The van der Waals surface area contributed by atoms with Crippen LogP contribution >= 0.6 is 22.9 Å². The number of carbonyl (C=O) groups is 1. The van der Waals surface area contributed by atoms with E-state index >= 15 is 0 Å². The molecule has 0 aliphatic heterocycles. The van der Waals surface area contributed by atoms with Gasteiger partial charge in [-0.15, -0.1) is 11.3 Å². The fourth-order valence-corrected chi connectivity index (χ4v) is 4.55. The van der Waals surface area contributed by atoms with E-state index in [1.165, 1.54) is 37.4 Å². The van der Waals surface area contributed by atoms with Gasteiger partial charge < -0.3 is 5.32 Å². The van der Waals surface area contributed by atoms with Crippen LogP contribution < -0.4 is 10.0 Å². The van der Waals surface area contributed by atoms with Crippen molar-refractivity contribution < 1.29 is 26.4 Å². The molecule has 14 heteroatoms. The second kappa shape index (κ2) is 8.85. The Bertz CT molecular complexity index is 1180. The summed E-state index contributed by atoms with van der Waals surface area (Å²) in [5, 5.41) is 7.32. The number of anilines is 2. The number of benzene rings is 1. The number of amides is 1. The SMILES string of the molecule is Cc1c(Cl)c(C(F)(F)F)nn1CCC(=O)Nc1ccc(S(=O)(=O)Nc2nccs2)cc1. The first-order valence-corrected chi connectivity index (χ1v) is 11.3. The van der Waals surface area contributed by atoms with Crippen molar-refractivity contribution >= 4 is 49.7 Å². The number of alkyl halides is 3. The average molecular weight is 494 g/mol. The van der Waals surface area contributed by atoms with Crippen LogP contribution in [0.1, 0.15) is 17.8 Å². The number of halogens is 4. The Morgan fingerprint density at radius 3 is 2.48 bits per heavy atom. The Morgan fingerprint density at radius 2 is 1.94 bits per heavy atom. The summed E-state index contributed by atoms with van der Waals surface area (Å²) in [6, 6.07) is 5.40. The fraction of sp³-hybridized carbons (Fsp3) is 0.235. The molecule has 0 unspecified atom stereocenters. The van der Waals surface area contributed by atoms with Gasteiger partial charge in [0.05, 0.1) is 22.2 Å². The van der Waals surface area contributed by atoms with Crippen LogP contribution in [0.5, 0.6) is 0 Å². The first kappa shape index (κ1) is 23.0. The molecule has 0 spiro atoms. The van der Waals surface area contributed by atoms with Crippen molar-refractivity contribution in [3.05, 3.63) is 52.3 Å². The lowest BCUT2D eigenvalue weighted by Gasteiger charge is -2.09. The van der Waals surface area contributed by atoms with Crippen molar-refractivity contribution in [2.24, 2.45) is 0 Å². The minimum Gasteiger partial charge on any atom is -0.326 e. The molecule has 0 aliphatic carbocycles. The van der Waals surface area contributed by atoms with Crippen molar-refractivity contribution in [2.75, 3.05) is 10.0 Å². The number of hydrogen-bond donors (Lipinski definition) is 2. The van der Waals surface area contributed by atoms with E-state index in [2.05, 4.69) is 20.1 Å². The first-order valence-electron chi connectivity index (χ1n) is 8.59. The van der Waals surface area contributed by atoms with E-state index in [9.17, 15) is 26.4 Å². The molecule has 2 N–H and O–H groups in total. The summed E-state index contributed by atoms with van der Waals surface area (Å²) >= 11 is 6.81. The second-order valence-corrected chi connectivity index (χ2v) is 9.19. The van der Waals surface area contributed by atoms with Crippen LogP contribution in [0.25, 0.3) is 0 Å². The number of rotatable bonds is 7. The van der Waals surface area contributed by atoms with Crippen LogP contribution in [-0.2, 0) is 27.5 Å². The molecular weight excluding hydrogens is 479 g/mol. The zero-order valence-corrected chi connectivity index (χ0v) is 18.2. The maximum atomic E-state index is 12.9. The third-order valence-electron chi connectivity index (χ3n) is 4.05. The standard InChI is InChI=1S/C17H15ClF3N5O3S2/c1-10-14(18)15(17(19,20)21)24-26(10)8-6-13(27)23-11-2-4-12(5-3-11)31(28,29)25-16-22-7-9-30-16/h2-5,7,9H,6,8H2,1H3,(H,22,25)(H,23,27). The number of nitrogens with zero attached hydrogens (tertiary/aromatic N) is 3. The minimum absolute atomic E-state index is 0.0258. The van der Waals surface area contributed by atoms with Crippen molar-refractivity contribution in [3.8, 4) is 0 Å². The van der Waals surface area contributed by atoms with E-state index in [1.807, 2.05) is 0 Å². The molecule has 0 saturated heterocycles. The van der Waals surface area contributed by atoms with Gasteiger partial charge in [0.2, 0.25) is 5.91 Å². The van der Waals surface area contributed by atoms with Crippen molar-refractivity contribution in [1.29, 1.82) is 0 Å². The van der Waals surface area contributed by atoms with Crippen molar-refractivity contribution in [2.45, 2.75) is 31.0 Å². The molecule has 2 heterocycles. The molecule has 1 amide bonds. The summed E-state index contributed by atoms with van der Waals surface area (Å²) in [5.41, 5.74) is -0.774. The van der Waals surface area contributed by atoms with Crippen molar-refractivity contribution in [3.63, 3.8) is 0 Å². The first-order chi connectivity index (χ1) is 14.5. The Labute approximate surface area is 184 Å². The summed E-state index contributed by atoms with van der Waals surface area (Å²) in [6.45, 7) is 1.26. The zero-order chi connectivity index (χ0) is 22.8. The molecule has 0 fully saturated rings. The highest BCUT2D eigenvalue weighted by molar-refractivity contribution is 7.93. The van der Waals surface area contributed by atoms with Gasteiger partial charge in [-0.3, -0.25) is 14.2 Å². The van der Waals surface area contributed by atoms with E-state index in [0.717, 1.165) is 16.0 Å². The van der Waals surface area contributed by atoms with Gasteiger partial charge in [0.15, 0.2) is 10.8 Å². The number of thiazole rings is 1. The van der Waals surface area contributed by atoms with E-state index in [4.69, 9.17) is 11.6 Å². The second-order valence-electron chi connectivity index (χ2n) is 6.23. The van der Waals surface area contributed by atoms with Crippen LogP contribution in [-0.4, -0.2) is 29.1 Å². The lowest BCUT2D eigenvalue weighted by atomic mass is 10.3. The largest absolute Gasteiger partial charge is 0.436 e. The van der Waals surface area contributed by atoms with Gasteiger partial charge in [0.1, 0.15) is 0 Å². The normalized spacial score (nSPS) is 12.0. The van der Waals surface area contributed by atoms with E-state index in [0.29, 0.717) is 5.69 Å². The molecule has 3 rings (SSSR count). The Hall–Kier alpha value is -2.64. The van der Waals surface area contributed by atoms with Crippen LogP contribution in [0.3, 0.4) is 0 Å². The molecule has 0 atom stereocenters. The third kappa shape index (κ3) is 5.54.